The number of aliphatic carboxylic acids is 1. The van der Waals surface area contributed by atoms with Gasteiger partial charge in [0.1, 0.15) is 12.3 Å². The predicted molar refractivity (Wildman–Crippen MR) is 93.9 cm³/mol. The number of carboxylic acids is 1. The molecule has 128 valence electrons. The summed E-state index contributed by atoms with van der Waals surface area (Å²) >= 11 is 3.24. The first kappa shape index (κ1) is 18.3. The molecule has 0 aliphatic carbocycles. The number of para-hydroxylation sites is 2. The molecule has 24 heavy (non-hydrogen) atoms. The third-order valence-corrected chi connectivity index (χ3v) is 5.42. The first-order chi connectivity index (χ1) is 11.4. The van der Waals surface area contributed by atoms with Crippen molar-refractivity contribution < 1.29 is 23.1 Å². The van der Waals surface area contributed by atoms with Crippen molar-refractivity contribution in [1.29, 1.82) is 0 Å². The Hall–Kier alpha value is -2.06. The van der Waals surface area contributed by atoms with Crippen molar-refractivity contribution in [2.45, 2.75) is 11.8 Å². The number of hydrogen-bond donors (Lipinski definition) is 1. The molecule has 2 aromatic rings. The van der Waals surface area contributed by atoms with Gasteiger partial charge in [-0.3, -0.25) is 9.10 Å². The molecule has 0 heterocycles. The van der Waals surface area contributed by atoms with Crippen molar-refractivity contribution >= 4 is 37.6 Å². The number of rotatable bonds is 7. The highest BCUT2D eigenvalue weighted by molar-refractivity contribution is 9.10. The van der Waals surface area contributed by atoms with E-state index in [0.29, 0.717) is 12.4 Å². The highest BCUT2D eigenvalue weighted by atomic mass is 79.9. The lowest BCUT2D eigenvalue weighted by Crippen LogP contribution is -2.36. The van der Waals surface area contributed by atoms with Crippen LogP contribution in [0.15, 0.2) is 57.9 Å². The van der Waals surface area contributed by atoms with E-state index in [1.54, 1.807) is 37.3 Å². The Bertz CT molecular complexity index is 821. The minimum Gasteiger partial charge on any atom is -0.492 e. The van der Waals surface area contributed by atoms with Crippen molar-refractivity contribution in [2.75, 3.05) is 17.5 Å². The van der Waals surface area contributed by atoms with Gasteiger partial charge in [-0.15, -0.1) is 0 Å². The van der Waals surface area contributed by atoms with Crippen LogP contribution in [0.2, 0.25) is 0 Å². The zero-order chi connectivity index (χ0) is 17.7. The second-order valence-corrected chi connectivity index (χ2v) is 7.54. The molecule has 0 spiro atoms. The Morgan fingerprint density at radius 3 is 2.38 bits per heavy atom. The molecule has 2 aromatic carbocycles. The second-order valence-electron chi connectivity index (χ2n) is 4.76. The lowest BCUT2D eigenvalue weighted by atomic mass is 10.3. The highest BCUT2D eigenvalue weighted by Crippen LogP contribution is 2.32. The highest BCUT2D eigenvalue weighted by Gasteiger charge is 2.29. The molecule has 6 nitrogen and oxygen atoms in total. The molecule has 0 atom stereocenters. The van der Waals surface area contributed by atoms with Crippen LogP contribution in [0.4, 0.5) is 5.69 Å². The van der Waals surface area contributed by atoms with Gasteiger partial charge in [-0.1, -0.05) is 28.1 Å². The standard InChI is InChI=1S/C16H16BrNO5S/c1-2-23-15-6-4-3-5-14(15)18(11-16(19)20)24(21,22)13-9-7-12(17)8-10-13/h3-10H,2,11H2,1H3,(H,19,20). The van der Waals surface area contributed by atoms with Gasteiger partial charge >= 0.3 is 5.97 Å². The van der Waals surface area contributed by atoms with Gasteiger partial charge in [-0.2, -0.15) is 0 Å². The van der Waals surface area contributed by atoms with Gasteiger partial charge in [-0.25, -0.2) is 8.42 Å². The molecule has 0 aliphatic rings. The number of halogens is 1. The molecular weight excluding hydrogens is 398 g/mol. The van der Waals surface area contributed by atoms with Crippen LogP contribution >= 0.6 is 15.9 Å². The van der Waals surface area contributed by atoms with Crippen molar-refractivity contribution in [1.82, 2.24) is 0 Å². The van der Waals surface area contributed by atoms with Crippen LogP contribution in [0.3, 0.4) is 0 Å². The maximum atomic E-state index is 12.9. The van der Waals surface area contributed by atoms with Crippen LogP contribution < -0.4 is 9.04 Å². The van der Waals surface area contributed by atoms with E-state index in [2.05, 4.69) is 15.9 Å². The summed E-state index contributed by atoms with van der Waals surface area (Å²) in [7, 11) is -4.06. The van der Waals surface area contributed by atoms with Gasteiger partial charge in [0.05, 0.1) is 17.2 Å². The van der Waals surface area contributed by atoms with Gasteiger partial charge in [-0.05, 0) is 43.3 Å². The van der Waals surface area contributed by atoms with Gasteiger partial charge in [0.2, 0.25) is 0 Å². The molecule has 0 fully saturated rings. The maximum absolute atomic E-state index is 12.9. The zero-order valence-corrected chi connectivity index (χ0v) is 15.2. The molecule has 0 bridgehead atoms. The van der Waals surface area contributed by atoms with Gasteiger partial charge in [0, 0.05) is 4.47 Å². The number of nitrogens with zero attached hydrogens (tertiary/aromatic N) is 1. The molecule has 1 N–H and O–H groups in total. The van der Waals surface area contributed by atoms with Crippen LogP contribution in [0.5, 0.6) is 5.75 Å². The number of hydrogen-bond acceptors (Lipinski definition) is 4. The topological polar surface area (TPSA) is 83.9 Å². The fourth-order valence-electron chi connectivity index (χ4n) is 2.10. The third-order valence-electron chi connectivity index (χ3n) is 3.11. The lowest BCUT2D eigenvalue weighted by Gasteiger charge is -2.24. The molecule has 0 aromatic heterocycles. The van der Waals surface area contributed by atoms with E-state index >= 15 is 0 Å². The number of anilines is 1. The molecule has 0 aliphatic heterocycles. The van der Waals surface area contributed by atoms with Gasteiger partial charge in [0.15, 0.2) is 0 Å². The molecule has 0 saturated heterocycles. The van der Waals surface area contributed by atoms with E-state index in [1.807, 2.05) is 0 Å². The first-order valence-electron chi connectivity index (χ1n) is 7.08. The van der Waals surface area contributed by atoms with Gasteiger partial charge < -0.3 is 9.84 Å². The SMILES string of the molecule is CCOc1ccccc1N(CC(=O)O)S(=O)(=O)c1ccc(Br)cc1. The van der Waals surface area contributed by atoms with Crippen LogP contribution in [0.1, 0.15) is 6.92 Å². The molecule has 0 saturated carbocycles. The average Bonchev–Trinajstić information content (AvgIpc) is 2.54. The van der Waals surface area contributed by atoms with Crippen molar-refractivity contribution in [2.24, 2.45) is 0 Å². The summed E-state index contributed by atoms with van der Waals surface area (Å²) in [5.41, 5.74) is 0.185. The minimum atomic E-state index is -4.06. The van der Waals surface area contributed by atoms with E-state index in [9.17, 15) is 13.2 Å². The van der Waals surface area contributed by atoms with Crippen molar-refractivity contribution in [3.05, 3.63) is 53.0 Å². The number of carboxylic acid groups (broad SMARTS) is 1. The fourth-order valence-corrected chi connectivity index (χ4v) is 3.79. The van der Waals surface area contributed by atoms with Crippen molar-refractivity contribution in [3.8, 4) is 5.75 Å². The van der Waals surface area contributed by atoms with Crippen LogP contribution in [0, 0.1) is 0 Å². The monoisotopic (exact) mass is 413 g/mol. The van der Waals surface area contributed by atoms with Crippen molar-refractivity contribution in [3.63, 3.8) is 0 Å². The third kappa shape index (κ3) is 4.07. The minimum absolute atomic E-state index is 0.00162. The summed E-state index contributed by atoms with van der Waals surface area (Å²) in [6.07, 6.45) is 0. The molecular formula is C16H16BrNO5S. The Morgan fingerprint density at radius 2 is 1.79 bits per heavy atom. The molecule has 0 unspecified atom stereocenters. The van der Waals surface area contributed by atoms with E-state index in [1.165, 1.54) is 18.2 Å². The normalized spacial score (nSPS) is 11.1. The Kier molecular flexibility index (Phi) is 5.84. The lowest BCUT2D eigenvalue weighted by molar-refractivity contribution is -0.135. The summed E-state index contributed by atoms with van der Waals surface area (Å²) in [5, 5.41) is 9.17. The van der Waals surface area contributed by atoms with E-state index in [4.69, 9.17) is 9.84 Å². The quantitative estimate of drug-likeness (QED) is 0.753. The van der Waals surface area contributed by atoms with Crippen LogP contribution in [0.25, 0.3) is 0 Å². The number of sulfonamides is 1. The van der Waals surface area contributed by atoms with E-state index in [0.717, 1.165) is 8.78 Å². The zero-order valence-electron chi connectivity index (χ0n) is 12.8. The van der Waals surface area contributed by atoms with Crippen LogP contribution in [-0.2, 0) is 14.8 Å². The Labute approximate surface area is 148 Å². The first-order valence-corrected chi connectivity index (χ1v) is 9.31. The smallest absolute Gasteiger partial charge is 0.324 e. The van der Waals surface area contributed by atoms with E-state index in [-0.39, 0.29) is 10.6 Å². The summed E-state index contributed by atoms with van der Waals surface area (Å²) in [6.45, 7) is 1.39. The van der Waals surface area contributed by atoms with Crippen LogP contribution in [-0.4, -0.2) is 32.6 Å². The number of carbonyl (C=O) groups is 1. The summed E-state index contributed by atoms with van der Waals surface area (Å²) in [5.74, 6) is -0.955. The average molecular weight is 414 g/mol. The summed E-state index contributed by atoms with van der Waals surface area (Å²) < 4.78 is 32.9. The predicted octanol–water partition coefficient (Wildman–Crippen LogP) is 3.13. The maximum Gasteiger partial charge on any atom is 0.324 e. The fraction of sp³-hybridized carbons (Fsp3) is 0.188. The molecule has 0 radical (unpaired) electrons. The Balaban J connectivity index is 2.57. The van der Waals surface area contributed by atoms with E-state index < -0.39 is 22.5 Å². The summed E-state index contributed by atoms with van der Waals surface area (Å²) in [4.78, 5) is 11.2. The second kappa shape index (κ2) is 7.67. The number of ether oxygens (including phenoxy) is 1. The molecule has 0 amide bonds. The van der Waals surface area contributed by atoms with Gasteiger partial charge in [0.25, 0.3) is 10.0 Å². The largest absolute Gasteiger partial charge is 0.492 e. The molecule has 2 rings (SSSR count). The Morgan fingerprint density at radius 1 is 1.17 bits per heavy atom. The summed E-state index contributed by atoms with van der Waals surface area (Å²) in [6, 6.07) is 12.4. The number of benzene rings is 2. The molecule has 8 heteroatoms.